The van der Waals surface area contributed by atoms with Crippen molar-refractivity contribution in [2.45, 2.75) is 13.8 Å². The topological polar surface area (TPSA) is 43.9 Å². The molecule has 0 aliphatic carbocycles. The van der Waals surface area contributed by atoms with Gasteiger partial charge >= 0.3 is 0 Å². The van der Waals surface area contributed by atoms with Crippen LogP contribution < -0.4 is 9.80 Å². The van der Waals surface area contributed by atoms with Crippen molar-refractivity contribution in [3.8, 4) is 0 Å². The Balaban J connectivity index is 1.55. The lowest BCUT2D eigenvalue weighted by molar-refractivity contribution is -0.120. The highest BCUT2D eigenvalue weighted by Gasteiger charge is 2.44. The molecule has 0 unspecified atom stereocenters. The maximum absolute atomic E-state index is 14.7. The summed E-state index contributed by atoms with van der Waals surface area (Å²) in [6.45, 7) is 6.53. The third-order valence-corrected chi connectivity index (χ3v) is 6.52. The minimum atomic E-state index is -0.598. The van der Waals surface area contributed by atoms with Gasteiger partial charge in [-0.05, 0) is 49.2 Å². The summed E-state index contributed by atoms with van der Waals surface area (Å²) < 4.78 is 14.7. The van der Waals surface area contributed by atoms with Crippen molar-refractivity contribution in [2.75, 3.05) is 36.0 Å². The van der Waals surface area contributed by atoms with Gasteiger partial charge in [0.1, 0.15) is 11.5 Å². The van der Waals surface area contributed by atoms with Gasteiger partial charge in [0.2, 0.25) is 0 Å². The number of amides is 2. The van der Waals surface area contributed by atoms with E-state index in [0.29, 0.717) is 29.9 Å². The van der Waals surface area contributed by atoms with E-state index < -0.39 is 17.6 Å². The van der Waals surface area contributed by atoms with Gasteiger partial charge in [-0.25, -0.2) is 9.29 Å². The number of anilines is 2. The first kappa shape index (κ1) is 21.9. The van der Waals surface area contributed by atoms with Gasteiger partial charge in [-0.2, -0.15) is 0 Å². The number of hydrogen-bond donors (Lipinski definition) is 0. The summed E-state index contributed by atoms with van der Waals surface area (Å²) in [5, 5.41) is 0. The summed E-state index contributed by atoms with van der Waals surface area (Å²) in [6, 6.07) is 21.9. The van der Waals surface area contributed by atoms with Crippen LogP contribution in [-0.4, -0.2) is 42.9 Å². The highest BCUT2D eigenvalue weighted by Crippen LogP contribution is 2.37. The van der Waals surface area contributed by atoms with Crippen molar-refractivity contribution in [3.05, 3.63) is 101 Å². The van der Waals surface area contributed by atoms with Gasteiger partial charge in [0.25, 0.3) is 11.8 Å². The van der Waals surface area contributed by atoms with E-state index in [-0.39, 0.29) is 5.69 Å². The second kappa shape index (κ2) is 8.78. The molecule has 0 bridgehead atoms. The van der Waals surface area contributed by atoms with E-state index in [0.717, 1.165) is 34.8 Å². The number of para-hydroxylation sites is 2. The quantitative estimate of drug-likeness (QED) is 0.542. The normalized spacial score (nSPS) is 16.6. The molecule has 172 valence electrons. The fraction of sp³-hybridized carbons (Fsp3) is 0.214. The van der Waals surface area contributed by atoms with Crippen molar-refractivity contribution in [3.63, 3.8) is 0 Å². The van der Waals surface area contributed by atoms with Crippen LogP contribution in [0.3, 0.4) is 0 Å². The lowest BCUT2D eigenvalue weighted by Gasteiger charge is -2.37. The molecule has 0 atom stereocenters. The number of imide groups is 1. The highest BCUT2D eigenvalue weighted by atomic mass is 19.1. The molecule has 3 aromatic rings. The summed E-state index contributed by atoms with van der Waals surface area (Å²) in [5.41, 5.74) is 4.51. The summed E-state index contributed by atoms with van der Waals surface area (Å²) in [6.07, 6.45) is 0. The minimum absolute atomic E-state index is 0.0160. The van der Waals surface area contributed by atoms with Gasteiger partial charge in [0.05, 0.1) is 11.3 Å². The Morgan fingerprint density at radius 3 is 2.06 bits per heavy atom. The molecular weight excluding hydrogens is 429 g/mol. The largest absolute Gasteiger partial charge is 0.368 e. The Labute approximate surface area is 198 Å². The van der Waals surface area contributed by atoms with E-state index in [9.17, 15) is 14.0 Å². The van der Waals surface area contributed by atoms with Crippen LogP contribution in [0.5, 0.6) is 0 Å². The van der Waals surface area contributed by atoms with Gasteiger partial charge in [0, 0.05) is 31.9 Å². The van der Waals surface area contributed by atoms with Crippen LogP contribution in [0.15, 0.2) is 78.5 Å². The minimum Gasteiger partial charge on any atom is -0.368 e. The second-order valence-corrected chi connectivity index (χ2v) is 8.75. The monoisotopic (exact) mass is 455 g/mol. The molecule has 6 heteroatoms. The number of carbonyl (C=O) groups is 2. The van der Waals surface area contributed by atoms with Crippen LogP contribution in [0.1, 0.15) is 16.7 Å². The lowest BCUT2D eigenvalue weighted by Crippen LogP contribution is -2.47. The zero-order chi connectivity index (χ0) is 23.8. The van der Waals surface area contributed by atoms with Gasteiger partial charge in [-0.15, -0.1) is 0 Å². The Bertz CT molecular complexity index is 1290. The number of piperazine rings is 1. The molecule has 3 aromatic carbocycles. The maximum Gasteiger partial charge on any atom is 0.282 e. The Hall–Kier alpha value is -3.93. The molecule has 2 heterocycles. The molecule has 0 aromatic heterocycles. The first-order valence-corrected chi connectivity index (χ1v) is 11.5. The summed E-state index contributed by atoms with van der Waals surface area (Å²) in [7, 11) is 0. The van der Waals surface area contributed by atoms with Crippen LogP contribution in [-0.2, 0) is 9.59 Å². The zero-order valence-electron chi connectivity index (χ0n) is 19.3. The SMILES string of the molecule is Cc1ccc(C2=C(N3CCN(c4ccccc4)CC3)C(=O)N(c3ccccc3F)C2=O)c(C)c1. The van der Waals surface area contributed by atoms with Gasteiger partial charge in [-0.1, -0.05) is 54.1 Å². The Kier molecular flexibility index (Phi) is 5.65. The zero-order valence-corrected chi connectivity index (χ0v) is 19.3. The molecule has 1 saturated heterocycles. The number of carbonyl (C=O) groups excluding carboxylic acids is 2. The lowest BCUT2D eigenvalue weighted by atomic mass is 9.97. The van der Waals surface area contributed by atoms with E-state index in [1.807, 2.05) is 55.1 Å². The van der Waals surface area contributed by atoms with Crippen molar-refractivity contribution >= 4 is 28.8 Å². The van der Waals surface area contributed by atoms with Crippen LogP contribution in [0.4, 0.5) is 15.8 Å². The summed E-state index contributed by atoms with van der Waals surface area (Å²) >= 11 is 0. The van der Waals surface area contributed by atoms with E-state index in [1.165, 1.54) is 12.1 Å². The summed E-state index contributed by atoms with van der Waals surface area (Å²) in [5.74, 6) is -1.56. The average molecular weight is 456 g/mol. The highest BCUT2D eigenvalue weighted by molar-refractivity contribution is 6.45. The van der Waals surface area contributed by atoms with Crippen LogP contribution >= 0.6 is 0 Å². The smallest absolute Gasteiger partial charge is 0.282 e. The van der Waals surface area contributed by atoms with Gasteiger partial charge < -0.3 is 9.80 Å². The molecule has 5 rings (SSSR count). The number of benzene rings is 3. The van der Waals surface area contributed by atoms with Gasteiger partial charge in [-0.3, -0.25) is 9.59 Å². The molecule has 5 nitrogen and oxygen atoms in total. The number of rotatable bonds is 4. The van der Waals surface area contributed by atoms with E-state index in [1.54, 1.807) is 12.1 Å². The van der Waals surface area contributed by atoms with Crippen LogP contribution in [0.25, 0.3) is 5.57 Å². The fourth-order valence-electron chi connectivity index (χ4n) is 4.83. The van der Waals surface area contributed by atoms with E-state index in [2.05, 4.69) is 17.0 Å². The second-order valence-electron chi connectivity index (χ2n) is 8.75. The molecule has 2 aliphatic heterocycles. The predicted octanol–water partition coefficient (Wildman–Crippen LogP) is 4.55. The van der Waals surface area contributed by atoms with Crippen molar-refractivity contribution in [2.24, 2.45) is 0 Å². The predicted molar refractivity (Wildman–Crippen MR) is 132 cm³/mol. The average Bonchev–Trinajstić information content (AvgIpc) is 3.10. The molecule has 0 spiro atoms. The van der Waals surface area contributed by atoms with Crippen LogP contribution in [0, 0.1) is 19.7 Å². The molecule has 0 saturated carbocycles. The molecule has 0 radical (unpaired) electrons. The maximum atomic E-state index is 14.7. The molecule has 1 fully saturated rings. The van der Waals surface area contributed by atoms with Gasteiger partial charge in [0.15, 0.2) is 0 Å². The Morgan fingerprint density at radius 1 is 0.735 bits per heavy atom. The van der Waals surface area contributed by atoms with Crippen molar-refractivity contribution in [1.29, 1.82) is 0 Å². The number of nitrogens with zero attached hydrogens (tertiary/aromatic N) is 3. The number of aryl methyl sites for hydroxylation is 2. The fourth-order valence-corrected chi connectivity index (χ4v) is 4.83. The van der Waals surface area contributed by atoms with Crippen molar-refractivity contribution in [1.82, 2.24) is 4.90 Å². The standard InChI is InChI=1S/C28H26FN3O2/c1-19-12-13-22(20(2)18-19)25-26(28(34)32(27(25)33)24-11-7-6-10-23(24)29)31-16-14-30(15-17-31)21-8-4-3-5-9-21/h3-13,18H,14-17H2,1-2H3. The number of hydrogen-bond acceptors (Lipinski definition) is 4. The molecule has 34 heavy (non-hydrogen) atoms. The van der Waals surface area contributed by atoms with Crippen molar-refractivity contribution < 1.29 is 14.0 Å². The third kappa shape index (κ3) is 3.75. The van der Waals surface area contributed by atoms with E-state index in [4.69, 9.17) is 0 Å². The molecule has 0 N–H and O–H groups in total. The van der Waals surface area contributed by atoms with Crippen LogP contribution in [0.2, 0.25) is 0 Å². The third-order valence-electron chi connectivity index (χ3n) is 6.52. The molecule has 2 aliphatic rings. The van der Waals surface area contributed by atoms with E-state index >= 15 is 0 Å². The molecular formula is C28H26FN3O2. The Morgan fingerprint density at radius 2 is 1.38 bits per heavy atom. The summed E-state index contributed by atoms with van der Waals surface area (Å²) in [4.78, 5) is 32.6. The molecule has 2 amide bonds. The first-order valence-electron chi connectivity index (χ1n) is 11.5. The number of halogens is 1. The first-order chi connectivity index (χ1) is 16.5.